The molecule has 1 saturated heterocycles. The number of ether oxygens (including phenoxy) is 1. The van der Waals surface area contributed by atoms with Gasteiger partial charge in [-0.3, -0.25) is 20.4 Å². The van der Waals surface area contributed by atoms with E-state index in [-0.39, 0.29) is 24.8 Å². The van der Waals surface area contributed by atoms with Crippen molar-refractivity contribution in [2.24, 2.45) is 5.73 Å². The molecule has 1 aromatic heterocycles. The predicted molar refractivity (Wildman–Crippen MR) is 125 cm³/mol. The molecule has 11 heteroatoms. The lowest BCUT2D eigenvalue weighted by molar-refractivity contribution is 0.0976. The number of rotatable bonds is 6. The molecule has 0 spiro atoms. The maximum atomic E-state index is 12.3. The van der Waals surface area contributed by atoms with E-state index in [1.165, 1.54) is 24.2 Å². The SMILES string of the molecule is Cl.Cl.N=C(N)NC(=O)c1cc(OCCN2CCCC2)cc(-c2cc(Cl)sc2Cl)c1. The van der Waals surface area contributed by atoms with E-state index >= 15 is 0 Å². The summed E-state index contributed by atoms with van der Waals surface area (Å²) in [6.45, 7) is 3.55. The number of carbonyl (C=O) groups is 1. The lowest BCUT2D eigenvalue weighted by atomic mass is 10.0. The summed E-state index contributed by atoms with van der Waals surface area (Å²) in [6, 6.07) is 6.90. The minimum Gasteiger partial charge on any atom is -0.492 e. The molecule has 0 bridgehead atoms. The number of nitrogens with two attached hydrogens (primary N) is 1. The molecule has 0 unspecified atom stereocenters. The number of halogens is 4. The van der Waals surface area contributed by atoms with Gasteiger partial charge in [0.1, 0.15) is 16.7 Å². The Labute approximate surface area is 196 Å². The Kier molecular flexibility index (Phi) is 10.5. The largest absolute Gasteiger partial charge is 0.492 e. The first-order valence-corrected chi connectivity index (χ1v) is 10.1. The molecule has 1 aliphatic rings. The molecule has 2 aromatic rings. The van der Waals surface area contributed by atoms with Crippen molar-refractivity contribution in [3.05, 3.63) is 38.5 Å². The van der Waals surface area contributed by atoms with Crippen molar-refractivity contribution in [2.75, 3.05) is 26.2 Å². The first-order valence-electron chi connectivity index (χ1n) is 8.53. The topological polar surface area (TPSA) is 91.4 Å². The fourth-order valence-corrected chi connectivity index (χ4v) is 4.51. The number of nitrogens with zero attached hydrogens (tertiary/aromatic N) is 1. The molecule has 0 radical (unpaired) electrons. The molecule has 1 aromatic carbocycles. The zero-order valence-corrected chi connectivity index (χ0v) is 19.3. The number of nitrogens with one attached hydrogen (secondary N) is 2. The van der Waals surface area contributed by atoms with Crippen LogP contribution >= 0.6 is 59.4 Å². The highest BCUT2D eigenvalue weighted by Gasteiger charge is 2.16. The number of guanidine groups is 1. The van der Waals surface area contributed by atoms with Gasteiger partial charge in [-0.05, 0) is 55.8 Å². The molecule has 1 aliphatic heterocycles. The van der Waals surface area contributed by atoms with Crippen LogP contribution in [-0.2, 0) is 0 Å². The standard InChI is InChI=1S/C18H20Cl2N4O2S.2ClH/c19-15-10-14(16(20)27-15)11-7-12(17(25)23-18(21)22)9-13(8-11)26-6-5-24-3-1-2-4-24;;/h7-10H,1-6H2,(H4,21,22,23,25);2*1H. The van der Waals surface area contributed by atoms with E-state index in [9.17, 15) is 4.79 Å². The molecule has 1 amide bonds. The van der Waals surface area contributed by atoms with E-state index in [0.717, 1.165) is 30.8 Å². The van der Waals surface area contributed by atoms with Crippen LogP contribution in [0.4, 0.5) is 0 Å². The summed E-state index contributed by atoms with van der Waals surface area (Å²) in [7, 11) is 0. The molecular formula is C18H22Cl4N4O2S. The summed E-state index contributed by atoms with van der Waals surface area (Å²) in [6.07, 6.45) is 2.45. The second-order valence-corrected chi connectivity index (χ2v) is 8.53. The summed E-state index contributed by atoms with van der Waals surface area (Å²) in [5, 5.41) is 9.55. The summed E-state index contributed by atoms with van der Waals surface area (Å²) in [5.74, 6) is -0.344. The van der Waals surface area contributed by atoms with Crippen molar-refractivity contribution >= 4 is 71.2 Å². The smallest absolute Gasteiger partial charge is 0.258 e. The van der Waals surface area contributed by atoms with E-state index in [0.29, 0.717) is 26.6 Å². The van der Waals surface area contributed by atoms with Gasteiger partial charge >= 0.3 is 0 Å². The van der Waals surface area contributed by atoms with Crippen LogP contribution in [-0.4, -0.2) is 43.0 Å². The molecule has 0 atom stereocenters. The fourth-order valence-electron chi connectivity index (χ4n) is 3.00. The van der Waals surface area contributed by atoms with Crippen molar-refractivity contribution in [1.82, 2.24) is 10.2 Å². The Balaban J connectivity index is 0.00000210. The highest BCUT2D eigenvalue weighted by atomic mass is 35.5. The Morgan fingerprint density at radius 2 is 1.90 bits per heavy atom. The number of likely N-dealkylation sites (tertiary alicyclic amines) is 1. The number of thiophene rings is 1. The van der Waals surface area contributed by atoms with Crippen LogP contribution in [0.3, 0.4) is 0 Å². The summed E-state index contributed by atoms with van der Waals surface area (Å²) < 4.78 is 6.99. The van der Waals surface area contributed by atoms with E-state index in [4.69, 9.17) is 39.1 Å². The maximum Gasteiger partial charge on any atom is 0.258 e. The van der Waals surface area contributed by atoms with E-state index in [2.05, 4.69) is 10.2 Å². The van der Waals surface area contributed by atoms with Crippen LogP contribution < -0.4 is 15.8 Å². The highest BCUT2D eigenvalue weighted by Crippen LogP contribution is 2.39. The molecule has 29 heavy (non-hydrogen) atoms. The van der Waals surface area contributed by atoms with Gasteiger partial charge in [0.25, 0.3) is 5.91 Å². The second-order valence-electron chi connectivity index (χ2n) is 6.25. The lowest BCUT2D eigenvalue weighted by Crippen LogP contribution is -2.35. The first kappa shape index (κ1) is 25.8. The molecule has 1 fully saturated rings. The van der Waals surface area contributed by atoms with Crippen LogP contribution in [0.2, 0.25) is 8.67 Å². The Morgan fingerprint density at radius 1 is 1.21 bits per heavy atom. The third-order valence-electron chi connectivity index (χ3n) is 4.26. The molecule has 0 aliphatic carbocycles. The number of hydrogen-bond acceptors (Lipinski definition) is 5. The van der Waals surface area contributed by atoms with Gasteiger partial charge in [0.05, 0.1) is 4.34 Å². The van der Waals surface area contributed by atoms with Crippen molar-refractivity contribution in [1.29, 1.82) is 5.41 Å². The van der Waals surface area contributed by atoms with Crippen molar-refractivity contribution < 1.29 is 9.53 Å². The van der Waals surface area contributed by atoms with Crippen LogP contribution in [0.1, 0.15) is 23.2 Å². The van der Waals surface area contributed by atoms with Crippen LogP contribution in [0.25, 0.3) is 11.1 Å². The predicted octanol–water partition coefficient (Wildman–Crippen LogP) is 4.66. The Bertz CT molecular complexity index is 856. The highest BCUT2D eigenvalue weighted by molar-refractivity contribution is 7.20. The zero-order chi connectivity index (χ0) is 19.4. The Morgan fingerprint density at radius 3 is 2.48 bits per heavy atom. The first-order chi connectivity index (χ1) is 12.9. The summed E-state index contributed by atoms with van der Waals surface area (Å²) >= 11 is 13.6. The molecule has 0 saturated carbocycles. The van der Waals surface area contributed by atoms with Crippen LogP contribution in [0, 0.1) is 5.41 Å². The van der Waals surface area contributed by atoms with Crippen LogP contribution in [0.15, 0.2) is 24.3 Å². The average Bonchev–Trinajstić information content (AvgIpc) is 3.23. The second kappa shape index (κ2) is 11.8. The summed E-state index contributed by atoms with van der Waals surface area (Å²) in [4.78, 5) is 14.7. The monoisotopic (exact) mass is 498 g/mol. The van der Waals surface area contributed by atoms with Gasteiger partial charge < -0.3 is 10.5 Å². The van der Waals surface area contributed by atoms with E-state index < -0.39 is 11.9 Å². The lowest BCUT2D eigenvalue weighted by Gasteiger charge is -2.16. The van der Waals surface area contributed by atoms with Crippen LogP contribution in [0.5, 0.6) is 5.75 Å². The third kappa shape index (κ3) is 7.20. The summed E-state index contributed by atoms with van der Waals surface area (Å²) in [5.41, 5.74) is 7.05. The van der Waals surface area contributed by atoms with Crippen molar-refractivity contribution in [2.45, 2.75) is 12.8 Å². The molecular weight excluding hydrogens is 478 g/mol. The van der Waals surface area contributed by atoms with Gasteiger partial charge in [0, 0.05) is 17.7 Å². The average molecular weight is 500 g/mol. The van der Waals surface area contributed by atoms with Gasteiger partial charge in [0.15, 0.2) is 5.96 Å². The third-order valence-corrected chi connectivity index (χ3v) is 5.75. The van der Waals surface area contributed by atoms with Crippen molar-refractivity contribution in [3.8, 4) is 16.9 Å². The molecule has 3 rings (SSSR count). The van der Waals surface area contributed by atoms with Gasteiger partial charge in [0.2, 0.25) is 0 Å². The normalized spacial score (nSPS) is 13.3. The molecule has 2 heterocycles. The van der Waals surface area contributed by atoms with Crippen molar-refractivity contribution in [3.63, 3.8) is 0 Å². The quantitative estimate of drug-likeness (QED) is 0.398. The zero-order valence-electron chi connectivity index (χ0n) is 15.4. The van der Waals surface area contributed by atoms with Gasteiger partial charge in [-0.15, -0.1) is 36.2 Å². The molecule has 6 nitrogen and oxygen atoms in total. The Hall–Kier alpha value is -1.22. The van der Waals surface area contributed by atoms with Gasteiger partial charge in [-0.2, -0.15) is 0 Å². The minimum atomic E-state index is -0.480. The fraction of sp³-hybridized carbons (Fsp3) is 0.333. The maximum absolute atomic E-state index is 12.3. The number of amides is 1. The molecule has 4 N–H and O–H groups in total. The van der Waals surface area contributed by atoms with Gasteiger partial charge in [-0.1, -0.05) is 23.2 Å². The number of carbonyl (C=O) groups excluding carboxylic acids is 1. The van der Waals surface area contributed by atoms with Gasteiger partial charge in [-0.25, -0.2) is 0 Å². The molecule has 160 valence electrons. The number of benzene rings is 1. The van der Waals surface area contributed by atoms with E-state index in [1.807, 2.05) is 6.07 Å². The number of hydrogen-bond donors (Lipinski definition) is 3. The minimum absolute atomic E-state index is 0. The van der Waals surface area contributed by atoms with E-state index in [1.54, 1.807) is 18.2 Å².